The Morgan fingerprint density at radius 3 is 2.50 bits per heavy atom. The van der Waals surface area contributed by atoms with Crippen LogP contribution in [0.15, 0.2) is 28.9 Å². The Labute approximate surface area is 94.7 Å². The van der Waals surface area contributed by atoms with Gasteiger partial charge in [-0.1, -0.05) is 0 Å². The van der Waals surface area contributed by atoms with E-state index in [-0.39, 0.29) is 6.04 Å². The second-order valence-corrected chi connectivity index (χ2v) is 3.81. The smallest absolute Gasteiger partial charge is 0.223 e. The van der Waals surface area contributed by atoms with Crippen molar-refractivity contribution in [1.29, 1.82) is 0 Å². The van der Waals surface area contributed by atoms with Crippen LogP contribution in [0.1, 0.15) is 30.0 Å². The zero-order chi connectivity index (χ0) is 11.5. The SMILES string of the molecule is Cc1cc(C(C)Nc2ncccn2)c(C)o1. The summed E-state index contributed by atoms with van der Waals surface area (Å²) in [5.74, 6) is 2.50. The van der Waals surface area contributed by atoms with Crippen LogP contribution in [0.5, 0.6) is 0 Å². The highest BCUT2D eigenvalue weighted by atomic mass is 16.3. The Hall–Kier alpha value is -1.84. The average molecular weight is 217 g/mol. The zero-order valence-electron chi connectivity index (χ0n) is 9.69. The first kappa shape index (κ1) is 10.7. The molecule has 0 bridgehead atoms. The van der Waals surface area contributed by atoms with E-state index in [1.807, 2.05) is 19.9 Å². The van der Waals surface area contributed by atoms with Gasteiger partial charge >= 0.3 is 0 Å². The molecule has 0 saturated heterocycles. The number of anilines is 1. The van der Waals surface area contributed by atoms with Crippen LogP contribution < -0.4 is 5.32 Å². The topological polar surface area (TPSA) is 51.0 Å². The third-order valence-corrected chi connectivity index (χ3v) is 2.46. The standard InChI is InChI=1S/C12H15N3O/c1-8-7-11(10(3)16-8)9(2)15-12-13-5-4-6-14-12/h4-7,9H,1-3H3,(H,13,14,15). The van der Waals surface area contributed by atoms with Gasteiger partial charge in [-0.2, -0.15) is 0 Å². The Kier molecular flexibility index (Phi) is 2.90. The second-order valence-electron chi connectivity index (χ2n) is 3.81. The van der Waals surface area contributed by atoms with Crippen molar-refractivity contribution in [2.45, 2.75) is 26.8 Å². The van der Waals surface area contributed by atoms with Gasteiger partial charge in [-0.25, -0.2) is 9.97 Å². The zero-order valence-corrected chi connectivity index (χ0v) is 9.69. The Balaban J connectivity index is 2.14. The quantitative estimate of drug-likeness (QED) is 0.858. The van der Waals surface area contributed by atoms with Crippen LogP contribution in [0.25, 0.3) is 0 Å². The molecule has 2 heterocycles. The summed E-state index contributed by atoms with van der Waals surface area (Å²) in [4.78, 5) is 8.26. The van der Waals surface area contributed by atoms with Gasteiger partial charge in [0.2, 0.25) is 5.95 Å². The van der Waals surface area contributed by atoms with Crippen molar-refractivity contribution in [2.24, 2.45) is 0 Å². The van der Waals surface area contributed by atoms with Crippen molar-refractivity contribution >= 4 is 5.95 Å². The lowest BCUT2D eigenvalue weighted by atomic mass is 10.1. The summed E-state index contributed by atoms with van der Waals surface area (Å²) in [7, 11) is 0. The van der Waals surface area contributed by atoms with E-state index in [0.717, 1.165) is 17.1 Å². The minimum absolute atomic E-state index is 0.139. The first-order valence-corrected chi connectivity index (χ1v) is 5.27. The summed E-state index contributed by atoms with van der Waals surface area (Å²) in [5.41, 5.74) is 1.14. The van der Waals surface area contributed by atoms with Gasteiger partial charge in [0.15, 0.2) is 0 Å². The van der Waals surface area contributed by atoms with Crippen LogP contribution in [0.3, 0.4) is 0 Å². The fourth-order valence-corrected chi connectivity index (χ4v) is 1.73. The number of nitrogens with zero attached hydrogens (tertiary/aromatic N) is 2. The summed E-state index contributed by atoms with van der Waals surface area (Å²) in [5, 5.41) is 3.23. The maximum atomic E-state index is 5.49. The number of nitrogens with one attached hydrogen (secondary N) is 1. The Morgan fingerprint density at radius 2 is 1.94 bits per heavy atom. The number of furan rings is 1. The molecule has 0 fully saturated rings. The molecule has 1 atom stereocenters. The van der Waals surface area contributed by atoms with Gasteiger partial charge in [0, 0.05) is 18.0 Å². The fraction of sp³-hybridized carbons (Fsp3) is 0.333. The molecule has 0 aliphatic heterocycles. The van der Waals surface area contributed by atoms with E-state index >= 15 is 0 Å². The average Bonchev–Trinajstić information content (AvgIpc) is 2.59. The van der Waals surface area contributed by atoms with Crippen molar-refractivity contribution < 1.29 is 4.42 Å². The lowest BCUT2D eigenvalue weighted by Crippen LogP contribution is -2.09. The number of rotatable bonds is 3. The molecule has 0 aromatic carbocycles. The van der Waals surface area contributed by atoms with Crippen molar-refractivity contribution in [3.05, 3.63) is 41.6 Å². The van der Waals surface area contributed by atoms with Gasteiger partial charge in [0.1, 0.15) is 11.5 Å². The van der Waals surface area contributed by atoms with Gasteiger partial charge < -0.3 is 9.73 Å². The predicted molar refractivity (Wildman–Crippen MR) is 62.3 cm³/mol. The van der Waals surface area contributed by atoms with Crippen LogP contribution >= 0.6 is 0 Å². The van der Waals surface area contributed by atoms with Crippen molar-refractivity contribution in [3.63, 3.8) is 0 Å². The summed E-state index contributed by atoms with van der Waals surface area (Å²) < 4.78 is 5.49. The van der Waals surface area contributed by atoms with E-state index in [9.17, 15) is 0 Å². The molecule has 2 aromatic rings. The highest BCUT2D eigenvalue weighted by Gasteiger charge is 2.12. The summed E-state index contributed by atoms with van der Waals surface area (Å²) in [6.07, 6.45) is 3.44. The molecular formula is C12H15N3O. The molecule has 0 aliphatic rings. The maximum Gasteiger partial charge on any atom is 0.223 e. The number of hydrogen-bond acceptors (Lipinski definition) is 4. The summed E-state index contributed by atoms with van der Waals surface area (Å²) in [6, 6.07) is 3.97. The maximum absolute atomic E-state index is 5.49. The molecule has 0 saturated carbocycles. The molecule has 0 amide bonds. The molecule has 2 rings (SSSR count). The number of aryl methyl sites for hydroxylation is 2. The van der Waals surface area contributed by atoms with E-state index in [2.05, 4.69) is 22.2 Å². The monoisotopic (exact) mass is 217 g/mol. The van der Waals surface area contributed by atoms with Gasteiger partial charge in [-0.05, 0) is 32.9 Å². The molecular weight excluding hydrogens is 202 g/mol. The first-order chi connectivity index (χ1) is 7.66. The van der Waals surface area contributed by atoms with Crippen molar-refractivity contribution in [1.82, 2.24) is 9.97 Å². The Bertz CT molecular complexity index is 464. The van der Waals surface area contributed by atoms with Crippen LogP contribution in [0.2, 0.25) is 0 Å². The third-order valence-electron chi connectivity index (χ3n) is 2.46. The molecule has 0 aliphatic carbocycles. The minimum Gasteiger partial charge on any atom is -0.466 e. The molecule has 1 N–H and O–H groups in total. The van der Waals surface area contributed by atoms with Gasteiger partial charge in [-0.3, -0.25) is 0 Å². The van der Waals surface area contributed by atoms with E-state index in [0.29, 0.717) is 5.95 Å². The third kappa shape index (κ3) is 2.21. The molecule has 84 valence electrons. The van der Waals surface area contributed by atoms with E-state index in [1.54, 1.807) is 18.5 Å². The van der Waals surface area contributed by atoms with E-state index in [1.165, 1.54) is 0 Å². The molecule has 1 unspecified atom stereocenters. The highest BCUT2D eigenvalue weighted by molar-refractivity contribution is 5.32. The van der Waals surface area contributed by atoms with Crippen molar-refractivity contribution in [2.75, 3.05) is 5.32 Å². The normalized spacial score (nSPS) is 12.4. The van der Waals surface area contributed by atoms with E-state index < -0.39 is 0 Å². The Morgan fingerprint density at radius 1 is 1.25 bits per heavy atom. The van der Waals surface area contributed by atoms with Crippen molar-refractivity contribution in [3.8, 4) is 0 Å². The largest absolute Gasteiger partial charge is 0.466 e. The summed E-state index contributed by atoms with van der Waals surface area (Å²) in [6.45, 7) is 5.97. The van der Waals surface area contributed by atoms with Crippen LogP contribution in [0, 0.1) is 13.8 Å². The van der Waals surface area contributed by atoms with Crippen LogP contribution in [-0.2, 0) is 0 Å². The molecule has 2 aromatic heterocycles. The number of aromatic nitrogens is 2. The molecule has 0 spiro atoms. The fourth-order valence-electron chi connectivity index (χ4n) is 1.73. The first-order valence-electron chi connectivity index (χ1n) is 5.27. The van der Waals surface area contributed by atoms with Crippen LogP contribution in [-0.4, -0.2) is 9.97 Å². The second kappa shape index (κ2) is 4.35. The molecule has 0 radical (unpaired) electrons. The molecule has 4 heteroatoms. The van der Waals surface area contributed by atoms with Gasteiger partial charge in [0.05, 0.1) is 6.04 Å². The van der Waals surface area contributed by atoms with Gasteiger partial charge in [0.25, 0.3) is 0 Å². The lowest BCUT2D eigenvalue weighted by Gasteiger charge is -2.12. The summed E-state index contributed by atoms with van der Waals surface area (Å²) >= 11 is 0. The number of hydrogen-bond donors (Lipinski definition) is 1. The van der Waals surface area contributed by atoms with Crippen LogP contribution in [0.4, 0.5) is 5.95 Å². The lowest BCUT2D eigenvalue weighted by molar-refractivity contribution is 0.499. The highest BCUT2D eigenvalue weighted by Crippen LogP contribution is 2.23. The predicted octanol–water partition coefficient (Wildman–Crippen LogP) is 2.86. The van der Waals surface area contributed by atoms with E-state index in [4.69, 9.17) is 4.42 Å². The minimum atomic E-state index is 0.139. The van der Waals surface area contributed by atoms with Gasteiger partial charge in [-0.15, -0.1) is 0 Å². The molecule has 4 nitrogen and oxygen atoms in total. The molecule has 16 heavy (non-hydrogen) atoms.